The molecule has 6 nitrogen and oxygen atoms in total. The molecule has 2 heterocycles. The van der Waals surface area contributed by atoms with E-state index in [0.29, 0.717) is 18.1 Å². The Hall–Kier alpha value is -1.82. The van der Waals surface area contributed by atoms with E-state index in [-0.39, 0.29) is 5.69 Å². The highest BCUT2D eigenvalue weighted by atomic mass is 16.4. The van der Waals surface area contributed by atoms with Crippen molar-refractivity contribution in [3.8, 4) is 0 Å². The van der Waals surface area contributed by atoms with Gasteiger partial charge in [-0.1, -0.05) is 0 Å². The molecule has 0 spiro atoms. The molecule has 1 aliphatic heterocycles. The van der Waals surface area contributed by atoms with Crippen LogP contribution in [0.15, 0.2) is 12.1 Å². The van der Waals surface area contributed by atoms with Crippen LogP contribution in [-0.2, 0) is 0 Å². The monoisotopic (exact) mass is 251 g/mol. The molecular weight excluding hydrogens is 234 g/mol. The number of carbonyl (C=O) groups is 1. The Labute approximate surface area is 105 Å². The molecule has 98 valence electrons. The van der Waals surface area contributed by atoms with E-state index in [4.69, 9.17) is 10.8 Å². The van der Waals surface area contributed by atoms with Crippen LogP contribution in [0.25, 0.3) is 0 Å². The summed E-state index contributed by atoms with van der Waals surface area (Å²) in [5.74, 6) is -0.644. The van der Waals surface area contributed by atoms with E-state index < -0.39 is 11.6 Å². The molecule has 0 radical (unpaired) electrons. The maximum atomic E-state index is 10.9. The molecule has 1 aromatic rings. The number of aliphatic hydroxyl groups is 1. The van der Waals surface area contributed by atoms with Gasteiger partial charge in [-0.15, -0.1) is 0 Å². The highest BCUT2D eigenvalue weighted by molar-refractivity contribution is 5.87. The first-order chi connectivity index (χ1) is 8.39. The number of piperidine rings is 1. The lowest BCUT2D eigenvalue weighted by Gasteiger charge is -2.38. The smallest absolute Gasteiger partial charge is 0.354 e. The van der Waals surface area contributed by atoms with Gasteiger partial charge in [-0.05, 0) is 31.9 Å². The maximum Gasteiger partial charge on any atom is 0.354 e. The van der Waals surface area contributed by atoms with Crippen LogP contribution in [0.4, 0.5) is 11.5 Å². The topological polar surface area (TPSA) is 99.7 Å². The number of anilines is 2. The third-order valence-electron chi connectivity index (χ3n) is 3.10. The predicted octanol–water partition coefficient (Wildman–Crippen LogP) is 0.713. The largest absolute Gasteiger partial charge is 0.477 e. The van der Waals surface area contributed by atoms with E-state index in [9.17, 15) is 9.90 Å². The number of nitrogens with two attached hydrogens (primary N) is 1. The third-order valence-corrected chi connectivity index (χ3v) is 3.10. The minimum atomic E-state index is -1.08. The summed E-state index contributed by atoms with van der Waals surface area (Å²) in [4.78, 5) is 16.8. The summed E-state index contributed by atoms with van der Waals surface area (Å²) in [7, 11) is 0. The molecule has 0 aromatic carbocycles. The van der Waals surface area contributed by atoms with Gasteiger partial charge in [0, 0.05) is 13.1 Å². The zero-order valence-corrected chi connectivity index (χ0v) is 10.3. The van der Waals surface area contributed by atoms with E-state index in [2.05, 4.69) is 4.98 Å². The molecule has 6 heteroatoms. The Morgan fingerprint density at radius 3 is 2.89 bits per heavy atom. The van der Waals surface area contributed by atoms with Crippen LogP contribution >= 0.6 is 0 Å². The molecule has 1 aromatic heterocycles. The zero-order chi connectivity index (χ0) is 13.3. The summed E-state index contributed by atoms with van der Waals surface area (Å²) < 4.78 is 0. The SMILES string of the molecule is CC1(O)CCCN(c2nc(C(=O)O)ccc2N)C1. The molecule has 0 bridgehead atoms. The molecule has 4 N–H and O–H groups in total. The molecule has 0 saturated carbocycles. The number of carboxylic acid groups (broad SMARTS) is 1. The number of hydrogen-bond donors (Lipinski definition) is 3. The standard InChI is InChI=1S/C12H17N3O3/c1-12(18)5-2-6-15(7-12)10-8(13)3-4-9(14-10)11(16)17/h3-4,18H,2,5-7,13H2,1H3,(H,16,17). The number of β-amino-alcohol motifs (C(OH)–C–C–N with tert-alkyl or cyclic N) is 1. The molecule has 0 amide bonds. The van der Waals surface area contributed by atoms with Crippen molar-refractivity contribution in [2.24, 2.45) is 0 Å². The summed E-state index contributed by atoms with van der Waals surface area (Å²) >= 11 is 0. The summed E-state index contributed by atoms with van der Waals surface area (Å²) in [5, 5.41) is 19.0. The van der Waals surface area contributed by atoms with Crippen LogP contribution in [-0.4, -0.2) is 39.9 Å². The van der Waals surface area contributed by atoms with E-state index in [1.807, 2.05) is 4.90 Å². The normalized spacial score (nSPS) is 24.0. The first-order valence-corrected chi connectivity index (χ1v) is 5.86. The average molecular weight is 251 g/mol. The zero-order valence-electron chi connectivity index (χ0n) is 10.3. The minimum Gasteiger partial charge on any atom is -0.477 e. The van der Waals surface area contributed by atoms with E-state index in [1.165, 1.54) is 12.1 Å². The van der Waals surface area contributed by atoms with Gasteiger partial charge in [0.1, 0.15) is 0 Å². The second kappa shape index (κ2) is 4.45. The number of carboxylic acids is 1. The number of rotatable bonds is 2. The van der Waals surface area contributed by atoms with Crippen molar-refractivity contribution in [3.63, 3.8) is 0 Å². The van der Waals surface area contributed by atoms with Crippen molar-refractivity contribution in [2.45, 2.75) is 25.4 Å². The van der Waals surface area contributed by atoms with Crippen LogP contribution < -0.4 is 10.6 Å². The highest BCUT2D eigenvalue weighted by Crippen LogP contribution is 2.28. The van der Waals surface area contributed by atoms with Crippen LogP contribution in [0.5, 0.6) is 0 Å². The minimum absolute atomic E-state index is 0.0376. The number of nitrogens with zero attached hydrogens (tertiary/aromatic N) is 2. The summed E-state index contributed by atoms with van der Waals surface area (Å²) in [6.45, 7) is 2.89. The summed E-state index contributed by atoms with van der Waals surface area (Å²) in [6, 6.07) is 2.92. The molecule has 0 aliphatic carbocycles. The molecule has 1 fully saturated rings. The van der Waals surface area contributed by atoms with Gasteiger partial charge in [0.05, 0.1) is 11.3 Å². The number of nitrogen functional groups attached to an aromatic ring is 1. The Morgan fingerprint density at radius 1 is 1.56 bits per heavy atom. The van der Waals surface area contributed by atoms with Crippen LogP contribution in [0.1, 0.15) is 30.3 Å². The van der Waals surface area contributed by atoms with Crippen molar-refractivity contribution in [3.05, 3.63) is 17.8 Å². The van der Waals surface area contributed by atoms with Crippen LogP contribution in [0.3, 0.4) is 0 Å². The molecule has 1 unspecified atom stereocenters. The third kappa shape index (κ3) is 2.53. The number of aromatic nitrogens is 1. The van der Waals surface area contributed by atoms with Crippen molar-refractivity contribution in [2.75, 3.05) is 23.7 Å². The lowest BCUT2D eigenvalue weighted by Crippen LogP contribution is -2.46. The Morgan fingerprint density at radius 2 is 2.28 bits per heavy atom. The lowest BCUT2D eigenvalue weighted by molar-refractivity contribution is 0.0447. The van der Waals surface area contributed by atoms with Gasteiger partial charge < -0.3 is 20.8 Å². The molecule has 18 heavy (non-hydrogen) atoms. The van der Waals surface area contributed by atoms with Crippen LogP contribution in [0, 0.1) is 0 Å². The Kier molecular flexibility index (Phi) is 3.13. The van der Waals surface area contributed by atoms with Gasteiger partial charge >= 0.3 is 5.97 Å². The lowest BCUT2D eigenvalue weighted by atomic mass is 9.95. The second-order valence-electron chi connectivity index (χ2n) is 4.94. The Bertz CT molecular complexity index is 474. The highest BCUT2D eigenvalue weighted by Gasteiger charge is 2.30. The predicted molar refractivity (Wildman–Crippen MR) is 67.7 cm³/mol. The fourth-order valence-corrected chi connectivity index (χ4v) is 2.23. The van der Waals surface area contributed by atoms with Crippen LogP contribution in [0.2, 0.25) is 0 Å². The number of hydrogen-bond acceptors (Lipinski definition) is 5. The van der Waals surface area contributed by atoms with Crippen molar-refractivity contribution in [1.29, 1.82) is 0 Å². The molecule has 1 atom stereocenters. The number of pyridine rings is 1. The Balaban J connectivity index is 2.32. The second-order valence-corrected chi connectivity index (χ2v) is 4.94. The van der Waals surface area contributed by atoms with Gasteiger partial charge in [-0.3, -0.25) is 0 Å². The first-order valence-electron chi connectivity index (χ1n) is 5.86. The van der Waals surface area contributed by atoms with Crippen molar-refractivity contribution < 1.29 is 15.0 Å². The fraction of sp³-hybridized carbons (Fsp3) is 0.500. The average Bonchev–Trinajstić information content (AvgIpc) is 2.27. The fourth-order valence-electron chi connectivity index (χ4n) is 2.23. The molecular formula is C12H17N3O3. The number of aromatic carboxylic acids is 1. The molecule has 2 rings (SSSR count). The molecule has 1 saturated heterocycles. The van der Waals surface area contributed by atoms with Gasteiger partial charge in [0.2, 0.25) is 0 Å². The first kappa shape index (κ1) is 12.6. The van der Waals surface area contributed by atoms with Crippen molar-refractivity contribution >= 4 is 17.5 Å². The van der Waals surface area contributed by atoms with E-state index >= 15 is 0 Å². The summed E-state index contributed by atoms with van der Waals surface area (Å²) in [6.07, 6.45) is 1.55. The molecule has 1 aliphatic rings. The van der Waals surface area contributed by atoms with Crippen molar-refractivity contribution in [1.82, 2.24) is 4.98 Å². The van der Waals surface area contributed by atoms with Gasteiger partial charge in [0.15, 0.2) is 11.5 Å². The van der Waals surface area contributed by atoms with Gasteiger partial charge in [-0.2, -0.15) is 0 Å². The van der Waals surface area contributed by atoms with Gasteiger partial charge in [-0.25, -0.2) is 9.78 Å². The van der Waals surface area contributed by atoms with Gasteiger partial charge in [0.25, 0.3) is 0 Å². The summed E-state index contributed by atoms with van der Waals surface area (Å²) in [5.41, 5.74) is 5.44. The van der Waals surface area contributed by atoms with E-state index in [1.54, 1.807) is 6.92 Å². The quantitative estimate of drug-likeness (QED) is 0.716. The maximum absolute atomic E-state index is 10.9. The van der Waals surface area contributed by atoms with E-state index in [0.717, 1.165) is 19.4 Å².